The Hall–Kier alpha value is -3.06. The number of rotatable bonds is 9. The van der Waals surface area contributed by atoms with Gasteiger partial charge in [0.1, 0.15) is 5.92 Å². The van der Waals surface area contributed by atoms with Gasteiger partial charge in [-0.2, -0.15) is 0 Å². The molecule has 1 saturated heterocycles. The summed E-state index contributed by atoms with van der Waals surface area (Å²) in [5.41, 5.74) is 1.50. The van der Waals surface area contributed by atoms with Crippen LogP contribution < -0.4 is 10.6 Å². The third-order valence-electron chi connectivity index (χ3n) is 6.47. The normalized spacial score (nSPS) is 23.8. The zero-order valence-electron chi connectivity index (χ0n) is 18.2. The highest BCUT2D eigenvalue weighted by Gasteiger charge is 2.57. The molecule has 0 bridgehead atoms. The second-order valence-corrected chi connectivity index (χ2v) is 8.27. The molecule has 31 heavy (non-hydrogen) atoms. The third kappa shape index (κ3) is 3.74. The Morgan fingerprint density at radius 2 is 2.00 bits per heavy atom. The van der Waals surface area contributed by atoms with Gasteiger partial charge in [-0.15, -0.1) is 0 Å². The first kappa shape index (κ1) is 21.2. The molecule has 3 unspecified atom stereocenters. The van der Waals surface area contributed by atoms with Gasteiger partial charge in [0, 0.05) is 23.1 Å². The molecule has 164 valence electrons. The van der Waals surface area contributed by atoms with Crippen LogP contribution in [0.5, 0.6) is 0 Å². The van der Waals surface area contributed by atoms with Crippen molar-refractivity contribution in [3.8, 4) is 0 Å². The summed E-state index contributed by atoms with van der Waals surface area (Å²) < 4.78 is 10.8. The molecule has 1 aromatic heterocycles. The van der Waals surface area contributed by atoms with Crippen LogP contribution in [0.3, 0.4) is 0 Å². The molecule has 3 atom stereocenters. The molecule has 4 rings (SSSR count). The Labute approximate surface area is 181 Å². The van der Waals surface area contributed by atoms with E-state index in [1.807, 2.05) is 6.07 Å². The summed E-state index contributed by atoms with van der Waals surface area (Å²) in [6.45, 7) is 2.94. The van der Waals surface area contributed by atoms with Gasteiger partial charge in [0.25, 0.3) is 0 Å². The van der Waals surface area contributed by atoms with Gasteiger partial charge in [0.2, 0.25) is 11.8 Å². The van der Waals surface area contributed by atoms with Gasteiger partial charge in [0.15, 0.2) is 11.5 Å². The zero-order chi connectivity index (χ0) is 22.0. The Balaban J connectivity index is 1.38. The number of carbonyl (C=O) groups is 2. The summed E-state index contributed by atoms with van der Waals surface area (Å²) >= 11 is 0. The van der Waals surface area contributed by atoms with Gasteiger partial charge in [-0.1, -0.05) is 24.3 Å². The fourth-order valence-corrected chi connectivity index (χ4v) is 4.72. The van der Waals surface area contributed by atoms with Crippen molar-refractivity contribution >= 4 is 22.7 Å². The molecule has 7 heteroatoms. The lowest BCUT2D eigenvalue weighted by molar-refractivity contribution is -0.127. The lowest BCUT2D eigenvalue weighted by Crippen LogP contribution is -2.39. The molecule has 1 aliphatic carbocycles. The maximum absolute atomic E-state index is 12.8. The van der Waals surface area contributed by atoms with E-state index in [9.17, 15) is 9.59 Å². The molecule has 1 fully saturated rings. The molecule has 3 N–H and O–H groups in total. The Kier molecular flexibility index (Phi) is 5.87. The number of benzene rings is 1. The minimum atomic E-state index is -0.933. The lowest BCUT2D eigenvalue weighted by Gasteiger charge is -2.33. The Bertz CT molecular complexity index is 1050. The molecular formula is C24H29N3O4. The van der Waals surface area contributed by atoms with Gasteiger partial charge in [-0.25, -0.2) is 0 Å². The number of imide groups is 1. The largest absolute Gasteiger partial charge is 0.496 e. The first-order valence-corrected chi connectivity index (χ1v) is 10.6. The Morgan fingerprint density at radius 3 is 2.77 bits per heavy atom. The van der Waals surface area contributed by atoms with E-state index >= 15 is 0 Å². The van der Waals surface area contributed by atoms with Gasteiger partial charge in [-0.05, 0) is 50.4 Å². The van der Waals surface area contributed by atoms with Crippen molar-refractivity contribution in [2.75, 3.05) is 20.8 Å². The van der Waals surface area contributed by atoms with E-state index in [-0.39, 0.29) is 17.9 Å². The summed E-state index contributed by atoms with van der Waals surface area (Å²) in [6.07, 6.45) is 7.80. The molecule has 2 aromatic rings. The van der Waals surface area contributed by atoms with Crippen LogP contribution in [0, 0.1) is 11.3 Å². The molecule has 2 heterocycles. The minimum Gasteiger partial charge on any atom is -0.496 e. The van der Waals surface area contributed by atoms with Crippen molar-refractivity contribution in [2.45, 2.75) is 32.2 Å². The first-order chi connectivity index (χ1) is 15.0. The number of nitrogens with one attached hydrogen (secondary N) is 3. The number of methoxy groups -OCH3 is 2. The standard InChI is InChI=1S/C24H29N3O4/c1-15(25-13-10-16-14-26-18-7-5-4-6-17(16)18)8-11-24-12-9-19(30-2)21(31-3)20(24)22(28)27-23(24)29/h4-7,9,12,14-15,20,25-26H,8,10-11,13H2,1-3H3,(H,27,28,29). The number of allylic oxidation sites excluding steroid dienone is 1. The maximum atomic E-state index is 12.8. The highest BCUT2D eigenvalue weighted by molar-refractivity contribution is 6.10. The molecule has 1 aliphatic heterocycles. The highest BCUT2D eigenvalue weighted by atomic mass is 16.5. The van der Waals surface area contributed by atoms with Gasteiger partial charge >= 0.3 is 0 Å². The molecule has 0 saturated carbocycles. The number of carbonyl (C=O) groups excluding carboxylic acids is 2. The van der Waals surface area contributed by atoms with Crippen LogP contribution in [0.15, 0.2) is 54.1 Å². The van der Waals surface area contributed by atoms with Crippen LogP contribution in [0.1, 0.15) is 25.3 Å². The number of hydrogen-bond donors (Lipinski definition) is 3. The monoisotopic (exact) mass is 423 g/mol. The van der Waals surface area contributed by atoms with Crippen molar-refractivity contribution in [1.82, 2.24) is 15.6 Å². The van der Waals surface area contributed by atoms with E-state index in [1.54, 1.807) is 12.2 Å². The average molecular weight is 424 g/mol. The number of H-pyrrole nitrogens is 1. The van der Waals surface area contributed by atoms with Gasteiger partial charge in [0.05, 0.1) is 19.6 Å². The van der Waals surface area contributed by atoms with Crippen molar-refractivity contribution in [3.63, 3.8) is 0 Å². The lowest BCUT2D eigenvalue weighted by atomic mass is 9.69. The second kappa shape index (κ2) is 8.59. The third-order valence-corrected chi connectivity index (χ3v) is 6.47. The quantitative estimate of drug-likeness (QED) is 0.540. The number of para-hydroxylation sites is 1. The van der Waals surface area contributed by atoms with Crippen molar-refractivity contribution in [1.29, 1.82) is 0 Å². The van der Waals surface area contributed by atoms with E-state index in [0.29, 0.717) is 17.9 Å². The van der Waals surface area contributed by atoms with Crippen molar-refractivity contribution in [3.05, 3.63) is 59.7 Å². The van der Waals surface area contributed by atoms with Crippen LogP contribution in [0.25, 0.3) is 10.9 Å². The van der Waals surface area contributed by atoms with Gasteiger partial charge in [-0.3, -0.25) is 14.9 Å². The van der Waals surface area contributed by atoms with Crippen LogP contribution in [0.4, 0.5) is 0 Å². The average Bonchev–Trinajstić information content (AvgIpc) is 3.30. The first-order valence-electron chi connectivity index (χ1n) is 10.6. The Morgan fingerprint density at radius 1 is 1.19 bits per heavy atom. The van der Waals surface area contributed by atoms with Crippen LogP contribution in [-0.2, 0) is 25.5 Å². The topological polar surface area (TPSA) is 92.4 Å². The molecular weight excluding hydrogens is 394 g/mol. The highest BCUT2D eigenvalue weighted by Crippen LogP contribution is 2.47. The number of fused-ring (bicyclic) bond motifs is 2. The fourth-order valence-electron chi connectivity index (χ4n) is 4.72. The van der Waals surface area contributed by atoms with Crippen molar-refractivity contribution in [2.24, 2.45) is 11.3 Å². The maximum Gasteiger partial charge on any atom is 0.238 e. The van der Waals surface area contributed by atoms with Crippen LogP contribution in [0.2, 0.25) is 0 Å². The summed E-state index contributed by atoms with van der Waals surface area (Å²) in [6, 6.07) is 8.47. The zero-order valence-corrected chi connectivity index (χ0v) is 18.2. The van der Waals surface area contributed by atoms with E-state index in [0.717, 1.165) is 24.9 Å². The van der Waals surface area contributed by atoms with Crippen molar-refractivity contribution < 1.29 is 19.1 Å². The molecule has 0 spiro atoms. The predicted octanol–water partition coefficient (Wildman–Crippen LogP) is 2.80. The molecule has 2 aliphatic rings. The summed E-state index contributed by atoms with van der Waals surface area (Å²) in [5, 5.41) is 7.29. The fraction of sp³-hybridized carbons (Fsp3) is 0.417. The number of aromatic nitrogens is 1. The number of aromatic amines is 1. The second-order valence-electron chi connectivity index (χ2n) is 8.27. The smallest absolute Gasteiger partial charge is 0.238 e. The summed E-state index contributed by atoms with van der Waals surface area (Å²) in [5.74, 6) is -0.398. The molecule has 1 aromatic carbocycles. The molecule has 0 radical (unpaired) electrons. The number of ether oxygens (including phenoxy) is 2. The predicted molar refractivity (Wildman–Crippen MR) is 118 cm³/mol. The summed E-state index contributed by atoms with van der Waals surface area (Å²) in [4.78, 5) is 28.6. The van der Waals surface area contributed by atoms with E-state index in [1.165, 1.54) is 25.2 Å². The van der Waals surface area contributed by atoms with Gasteiger partial charge < -0.3 is 19.8 Å². The number of hydrogen-bond acceptors (Lipinski definition) is 5. The van der Waals surface area contributed by atoms with Crippen LogP contribution in [-0.4, -0.2) is 43.6 Å². The van der Waals surface area contributed by atoms with E-state index in [2.05, 4.69) is 46.9 Å². The minimum absolute atomic E-state index is 0.191. The van der Waals surface area contributed by atoms with E-state index in [4.69, 9.17) is 9.47 Å². The molecule has 7 nitrogen and oxygen atoms in total. The van der Waals surface area contributed by atoms with Crippen LogP contribution >= 0.6 is 0 Å². The number of amides is 2. The van der Waals surface area contributed by atoms with E-state index < -0.39 is 11.3 Å². The molecule has 2 amide bonds. The summed E-state index contributed by atoms with van der Waals surface area (Å²) in [7, 11) is 3.03. The SMILES string of the molecule is COC1=C(OC)C2C(=O)NC(=O)C2(CCC(C)NCCc2c[nH]c3ccccc23)C=C1.